The van der Waals surface area contributed by atoms with Crippen LogP contribution in [-0.4, -0.2) is 20.9 Å². The van der Waals surface area contributed by atoms with Crippen molar-refractivity contribution in [2.75, 3.05) is 7.11 Å². The number of carbonyl (C=O) groups is 1. The highest BCUT2D eigenvalue weighted by atomic mass is 19.1. The molecular formula is C10H10BFO2. The lowest BCUT2D eigenvalue weighted by Gasteiger charge is -2.08. The maximum atomic E-state index is 13.6. The van der Waals surface area contributed by atoms with Crippen LogP contribution in [0.25, 0.3) is 0 Å². The average molecular weight is 192 g/mol. The fraction of sp³-hybridized carbons (Fsp3) is 0.300. The van der Waals surface area contributed by atoms with Crippen LogP contribution in [0.3, 0.4) is 0 Å². The zero-order valence-corrected chi connectivity index (χ0v) is 8.13. The van der Waals surface area contributed by atoms with Crippen molar-refractivity contribution in [3.8, 4) is 0 Å². The molecule has 72 valence electrons. The van der Waals surface area contributed by atoms with Gasteiger partial charge in [-0.05, 0) is 18.1 Å². The molecule has 1 aromatic rings. The summed E-state index contributed by atoms with van der Waals surface area (Å²) in [5.41, 5.74) is 0.643. The normalized spacial score (nSPS) is 9.93. The van der Waals surface area contributed by atoms with Crippen LogP contribution in [0.4, 0.5) is 4.39 Å². The number of carbonyl (C=O) groups excluding carboxylic acids is 1. The molecule has 0 heterocycles. The lowest BCUT2D eigenvalue weighted by molar-refractivity contribution is 0.0595. The Morgan fingerprint density at radius 1 is 1.57 bits per heavy atom. The summed E-state index contributed by atoms with van der Waals surface area (Å²) in [7, 11) is 6.76. The largest absolute Gasteiger partial charge is 0.465 e. The van der Waals surface area contributed by atoms with E-state index in [-0.39, 0.29) is 5.56 Å². The van der Waals surface area contributed by atoms with Crippen molar-refractivity contribution in [1.29, 1.82) is 0 Å². The fourth-order valence-electron chi connectivity index (χ4n) is 1.26. The molecule has 0 saturated heterocycles. The van der Waals surface area contributed by atoms with Crippen molar-refractivity contribution in [1.82, 2.24) is 0 Å². The number of esters is 1. The number of halogens is 1. The first-order chi connectivity index (χ1) is 6.61. The van der Waals surface area contributed by atoms with Gasteiger partial charge in [-0.3, -0.25) is 0 Å². The predicted molar refractivity (Wildman–Crippen MR) is 52.5 cm³/mol. The van der Waals surface area contributed by atoms with Gasteiger partial charge in [0.2, 0.25) is 0 Å². The number of rotatable bonds is 2. The first-order valence-electron chi connectivity index (χ1n) is 4.27. The maximum absolute atomic E-state index is 13.6. The second-order valence-electron chi connectivity index (χ2n) is 2.84. The predicted octanol–water partition coefficient (Wildman–Crippen LogP) is 0.969. The Morgan fingerprint density at radius 2 is 2.21 bits per heavy atom. The van der Waals surface area contributed by atoms with Crippen LogP contribution in [0.1, 0.15) is 22.8 Å². The van der Waals surface area contributed by atoms with Crippen molar-refractivity contribution in [3.05, 3.63) is 29.1 Å². The van der Waals surface area contributed by atoms with E-state index < -0.39 is 11.8 Å². The van der Waals surface area contributed by atoms with Gasteiger partial charge in [-0.1, -0.05) is 18.5 Å². The van der Waals surface area contributed by atoms with Crippen LogP contribution in [0.15, 0.2) is 12.1 Å². The van der Waals surface area contributed by atoms with E-state index >= 15 is 0 Å². The highest BCUT2D eigenvalue weighted by Gasteiger charge is 2.15. The van der Waals surface area contributed by atoms with Gasteiger partial charge in [0.05, 0.1) is 12.7 Å². The average Bonchev–Trinajstić information content (AvgIpc) is 2.18. The van der Waals surface area contributed by atoms with Crippen LogP contribution in [0.2, 0.25) is 0 Å². The summed E-state index contributed by atoms with van der Waals surface area (Å²) >= 11 is 0. The van der Waals surface area contributed by atoms with E-state index in [9.17, 15) is 9.18 Å². The van der Waals surface area contributed by atoms with Crippen molar-refractivity contribution >= 4 is 19.3 Å². The quantitative estimate of drug-likeness (QED) is 0.515. The van der Waals surface area contributed by atoms with E-state index in [1.54, 1.807) is 6.92 Å². The lowest BCUT2D eigenvalue weighted by Crippen LogP contribution is -2.16. The van der Waals surface area contributed by atoms with E-state index in [0.717, 1.165) is 0 Å². The molecule has 0 bridgehead atoms. The molecule has 0 aliphatic heterocycles. The molecule has 0 saturated carbocycles. The van der Waals surface area contributed by atoms with Gasteiger partial charge in [-0.25, -0.2) is 9.18 Å². The zero-order valence-electron chi connectivity index (χ0n) is 8.13. The molecule has 0 unspecified atom stereocenters. The van der Waals surface area contributed by atoms with Crippen molar-refractivity contribution in [2.24, 2.45) is 0 Å². The van der Waals surface area contributed by atoms with E-state index in [1.807, 2.05) is 0 Å². The first-order valence-corrected chi connectivity index (χ1v) is 4.27. The fourth-order valence-corrected chi connectivity index (χ4v) is 1.26. The summed E-state index contributed by atoms with van der Waals surface area (Å²) in [6.07, 6.45) is 0.447. The van der Waals surface area contributed by atoms with Crippen LogP contribution < -0.4 is 5.46 Å². The van der Waals surface area contributed by atoms with Crippen molar-refractivity contribution in [3.63, 3.8) is 0 Å². The minimum atomic E-state index is -0.683. The standard InChI is InChI=1S/C10H10BFO2/c1-3-6-8(11)5-4-7(9(6)12)10(13)14-2/h4-5H,3H2,1-2H3. The second-order valence-corrected chi connectivity index (χ2v) is 2.84. The molecule has 0 aliphatic carbocycles. The Hall–Kier alpha value is -1.32. The number of hydrogen-bond donors (Lipinski definition) is 0. The summed E-state index contributed by atoms with van der Waals surface area (Å²) in [6, 6.07) is 2.84. The first kappa shape index (κ1) is 10.8. The molecule has 0 fully saturated rings. The molecule has 14 heavy (non-hydrogen) atoms. The number of ether oxygens (including phenoxy) is 1. The second kappa shape index (κ2) is 4.27. The Labute approximate surface area is 83.5 Å². The third kappa shape index (κ3) is 1.79. The Kier molecular flexibility index (Phi) is 3.28. The van der Waals surface area contributed by atoms with Crippen LogP contribution in [0.5, 0.6) is 0 Å². The van der Waals surface area contributed by atoms with Gasteiger partial charge in [-0.2, -0.15) is 0 Å². The van der Waals surface area contributed by atoms with Gasteiger partial charge in [-0.15, -0.1) is 0 Å². The summed E-state index contributed by atoms with van der Waals surface area (Å²) in [5, 5.41) is 0. The molecule has 0 atom stereocenters. The maximum Gasteiger partial charge on any atom is 0.340 e. The zero-order chi connectivity index (χ0) is 10.7. The van der Waals surface area contributed by atoms with Gasteiger partial charge in [0.1, 0.15) is 13.7 Å². The minimum absolute atomic E-state index is 0.0708. The molecule has 2 radical (unpaired) electrons. The topological polar surface area (TPSA) is 26.3 Å². The molecule has 0 aliphatic rings. The van der Waals surface area contributed by atoms with Gasteiger partial charge >= 0.3 is 5.97 Å². The van der Waals surface area contributed by atoms with Crippen molar-refractivity contribution in [2.45, 2.75) is 13.3 Å². The van der Waals surface area contributed by atoms with Gasteiger partial charge in [0.25, 0.3) is 0 Å². The lowest BCUT2D eigenvalue weighted by atomic mass is 9.87. The van der Waals surface area contributed by atoms with Gasteiger partial charge in [0, 0.05) is 0 Å². The Bertz CT molecular complexity index is 363. The number of hydrogen-bond acceptors (Lipinski definition) is 2. The smallest absolute Gasteiger partial charge is 0.340 e. The third-order valence-corrected chi connectivity index (χ3v) is 2.04. The molecule has 0 amide bonds. The van der Waals surface area contributed by atoms with E-state index in [4.69, 9.17) is 7.85 Å². The van der Waals surface area contributed by atoms with Crippen molar-refractivity contribution < 1.29 is 13.9 Å². The Morgan fingerprint density at radius 3 is 2.71 bits per heavy atom. The summed E-state index contributed by atoms with van der Waals surface area (Å²) in [5.74, 6) is -1.27. The SMILES string of the molecule is [B]c1ccc(C(=O)OC)c(F)c1CC. The highest BCUT2D eigenvalue weighted by Crippen LogP contribution is 2.12. The third-order valence-electron chi connectivity index (χ3n) is 2.04. The summed E-state index contributed by atoms with van der Waals surface area (Å²) in [4.78, 5) is 11.1. The van der Waals surface area contributed by atoms with E-state index in [0.29, 0.717) is 17.4 Å². The molecule has 1 aromatic carbocycles. The van der Waals surface area contributed by atoms with Gasteiger partial charge in [0.15, 0.2) is 0 Å². The molecule has 1 rings (SSSR count). The monoisotopic (exact) mass is 192 g/mol. The van der Waals surface area contributed by atoms with Gasteiger partial charge < -0.3 is 4.74 Å². The molecule has 0 aromatic heterocycles. The highest BCUT2D eigenvalue weighted by molar-refractivity contribution is 6.33. The van der Waals surface area contributed by atoms with E-state index in [1.165, 1.54) is 19.2 Å². The van der Waals surface area contributed by atoms with E-state index in [2.05, 4.69) is 4.74 Å². The number of methoxy groups -OCH3 is 1. The van der Waals surface area contributed by atoms with Crippen LogP contribution in [-0.2, 0) is 11.2 Å². The molecule has 0 spiro atoms. The van der Waals surface area contributed by atoms with Crippen LogP contribution in [0, 0.1) is 5.82 Å². The summed E-state index contributed by atoms with van der Waals surface area (Å²) < 4.78 is 18.0. The van der Waals surface area contributed by atoms with Crippen LogP contribution >= 0.6 is 0 Å². The molecule has 0 N–H and O–H groups in total. The molecule has 2 nitrogen and oxygen atoms in total. The molecule has 4 heteroatoms. The number of benzene rings is 1. The Balaban J connectivity index is 3.28. The summed E-state index contributed by atoms with van der Waals surface area (Å²) in [6.45, 7) is 1.77. The molecular weight excluding hydrogens is 182 g/mol. The minimum Gasteiger partial charge on any atom is -0.465 e.